The Morgan fingerprint density at radius 1 is 1.41 bits per heavy atom. The summed E-state index contributed by atoms with van der Waals surface area (Å²) in [5, 5.41) is 2.83. The van der Waals surface area contributed by atoms with Gasteiger partial charge in [0.2, 0.25) is 5.91 Å². The first kappa shape index (κ1) is 11.6. The lowest BCUT2D eigenvalue weighted by Crippen LogP contribution is -2.33. The Bertz CT molecular complexity index is 443. The molecule has 1 aliphatic heterocycles. The van der Waals surface area contributed by atoms with Gasteiger partial charge in [0.25, 0.3) is 0 Å². The van der Waals surface area contributed by atoms with Gasteiger partial charge in [0.15, 0.2) is 5.78 Å². The molecular formula is C13H16N2O2. The van der Waals surface area contributed by atoms with Gasteiger partial charge >= 0.3 is 0 Å². The average molecular weight is 232 g/mol. The van der Waals surface area contributed by atoms with E-state index in [4.69, 9.17) is 0 Å². The van der Waals surface area contributed by atoms with Gasteiger partial charge in [-0.25, -0.2) is 0 Å². The minimum atomic E-state index is 0.0377. The van der Waals surface area contributed by atoms with Crippen LogP contribution in [0.2, 0.25) is 0 Å². The number of ketones is 1. The molecule has 1 aliphatic rings. The number of carbonyl (C=O) groups excluding carboxylic acids is 2. The number of amides is 1. The van der Waals surface area contributed by atoms with E-state index in [9.17, 15) is 9.59 Å². The van der Waals surface area contributed by atoms with E-state index in [1.807, 2.05) is 23.1 Å². The second-order valence-electron chi connectivity index (χ2n) is 4.23. The van der Waals surface area contributed by atoms with Gasteiger partial charge in [-0.05, 0) is 25.5 Å². The molecule has 1 heterocycles. The lowest BCUT2D eigenvalue weighted by molar-refractivity contribution is -0.119. The SMILES string of the molecule is CC(=O)c1cccc(N2CCCNC(=O)C2)c1. The maximum absolute atomic E-state index is 11.5. The summed E-state index contributed by atoms with van der Waals surface area (Å²) in [5.41, 5.74) is 1.63. The van der Waals surface area contributed by atoms with Crippen molar-refractivity contribution in [2.45, 2.75) is 13.3 Å². The minimum Gasteiger partial charge on any atom is -0.362 e. The second kappa shape index (κ2) is 4.99. The predicted octanol–water partition coefficient (Wildman–Crippen LogP) is 1.22. The Hall–Kier alpha value is -1.84. The van der Waals surface area contributed by atoms with Crippen molar-refractivity contribution in [3.63, 3.8) is 0 Å². The van der Waals surface area contributed by atoms with Crippen molar-refractivity contribution in [3.8, 4) is 0 Å². The van der Waals surface area contributed by atoms with E-state index >= 15 is 0 Å². The molecule has 0 radical (unpaired) electrons. The van der Waals surface area contributed by atoms with Gasteiger partial charge < -0.3 is 10.2 Å². The van der Waals surface area contributed by atoms with Crippen molar-refractivity contribution >= 4 is 17.4 Å². The number of carbonyl (C=O) groups is 2. The fourth-order valence-electron chi connectivity index (χ4n) is 1.95. The van der Waals surface area contributed by atoms with Crippen LogP contribution in [-0.4, -0.2) is 31.3 Å². The van der Waals surface area contributed by atoms with E-state index in [0.29, 0.717) is 12.1 Å². The molecular weight excluding hydrogens is 216 g/mol. The van der Waals surface area contributed by atoms with Crippen LogP contribution in [0.5, 0.6) is 0 Å². The Morgan fingerprint density at radius 3 is 3.00 bits per heavy atom. The van der Waals surface area contributed by atoms with Gasteiger partial charge in [-0.15, -0.1) is 0 Å². The number of nitrogens with zero attached hydrogens (tertiary/aromatic N) is 1. The highest BCUT2D eigenvalue weighted by atomic mass is 16.2. The van der Waals surface area contributed by atoms with Gasteiger partial charge in [-0.1, -0.05) is 12.1 Å². The summed E-state index contributed by atoms with van der Waals surface area (Å²) in [6.07, 6.45) is 0.927. The Labute approximate surface area is 101 Å². The predicted molar refractivity (Wildman–Crippen MR) is 66.3 cm³/mol. The molecule has 1 fully saturated rings. The number of rotatable bonds is 2. The summed E-state index contributed by atoms with van der Waals surface area (Å²) < 4.78 is 0. The lowest BCUT2D eigenvalue weighted by atomic mass is 10.1. The molecule has 1 amide bonds. The maximum Gasteiger partial charge on any atom is 0.239 e. The number of nitrogens with one attached hydrogen (secondary N) is 1. The molecule has 0 atom stereocenters. The van der Waals surface area contributed by atoms with Crippen LogP contribution in [0.4, 0.5) is 5.69 Å². The number of anilines is 1. The van der Waals surface area contributed by atoms with E-state index < -0.39 is 0 Å². The fourth-order valence-corrected chi connectivity index (χ4v) is 1.95. The molecule has 4 nitrogen and oxygen atoms in total. The molecule has 0 saturated carbocycles. The first-order valence-corrected chi connectivity index (χ1v) is 5.79. The largest absolute Gasteiger partial charge is 0.362 e. The molecule has 1 saturated heterocycles. The summed E-state index contributed by atoms with van der Waals surface area (Å²) >= 11 is 0. The zero-order valence-corrected chi connectivity index (χ0v) is 9.90. The topological polar surface area (TPSA) is 49.4 Å². The molecule has 0 aliphatic carbocycles. The van der Waals surface area contributed by atoms with Gasteiger partial charge in [-0.3, -0.25) is 9.59 Å². The van der Waals surface area contributed by atoms with Crippen LogP contribution in [0, 0.1) is 0 Å². The monoisotopic (exact) mass is 232 g/mol. The highest BCUT2D eigenvalue weighted by molar-refractivity contribution is 5.95. The van der Waals surface area contributed by atoms with Crippen molar-refractivity contribution in [1.29, 1.82) is 0 Å². The first-order chi connectivity index (χ1) is 8.16. The van der Waals surface area contributed by atoms with E-state index in [-0.39, 0.29) is 11.7 Å². The van der Waals surface area contributed by atoms with Crippen LogP contribution < -0.4 is 10.2 Å². The third kappa shape index (κ3) is 2.84. The normalized spacial score (nSPS) is 16.3. The van der Waals surface area contributed by atoms with Gasteiger partial charge in [0.1, 0.15) is 0 Å². The number of benzene rings is 1. The van der Waals surface area contributed by atoms with Crippen molar-refractivity contribution in [3.05, 3.63) is 29.8 Å². The summed E-state index contributed by atoms with van der Waals surface area (Å²) in [6, 6.07) is 7.44. The maximum atomic E-state index is 11.5. The van der Waals surface area contributed by atoms with Crippen molar-refractivity contribution in [2.75, 3.05) is 24.5 Å². The second-order valence-corrected chi connectivity index (χ2v) is 4.23. The molecule has 0 spiro atoms. The Kier molecular flexibility index (Phi) is 3.42. The number of Topliss-reactive ketones (excluding diaryl/α,β-unsaturated/α-hetero) is 1. The molecule has 1 aromatic carbocycles. The van der Waals surface area contributed by atoms with Crippen LogP contribution in [-0.2, 0) is 4.79 Å². The standard InChI is InChI=1S/C13H16N2O2/c1-10(16)11-4-2-5-12(8-11)15-7-3-6-14-13(17)9-15/h2,4-5,8H,3,6-7,9H2,1H3,(H,14,17). The highest BCUT2D eigenvalue weighted by Gasteiger charge is 2.15. The highest BCUT2D eigenvalue weighted by Crippen LogP contribution is 2.17. The fraction of sp³-hybridized carbons (Fsp3) is 0.385. The molecule has 1 aromatic rings. The number of hydrogen-bond acceptors (Lipinski definition) is 3. The van der Waals surface area contributed by atoms with E-state index in [1.54, 1.807) is 13.0 Å². The quantitative estimate of drug-likeness (QED) is 0.780. The Balaban J connectivity index is 2.23. The average Bonchev–Trinajstić information content (AvgIpc) is 2.54. The van der Waals surface area contributed by atoms with Crippen molar-refractivity contribution in [2.24, 2.45) is 0 Å². The van der Waals surface area contributed by atoms with Gasteiger partial charge in [0.05, 0.1) is 6.54 Å². The van der Waals surface area contributed by atoms with Crippen molar-refractivity contribution < 1.29 is 9.59 Å². The zero-order valence-electron chi connectivity index (χ0n) is 9.90. The summed E-state index contributed by atoms with van der Waals surface area (Å²) in [4.78, 5) is 24.8. The molecule has 0 aromatic heterocycles. The minimum absolute atomic E-state index is 0.0377. The molecule has 17 heavy (non-hydrogen) atoms. The number of hydrogen-bond donors (Lipinski definition) is 1. The molecule has 0 bridgehead atoms. The van der Waals surface area contributed by atoms with Crippen molar-refractivity contribution in [1.82, 2.24) is 5.32 Å². The van der Waals surface area contributed by atoms with Crippen LogP contribution in [0.1, 0.15) is 23.7 Å². The molecule has 4 heteroatoms. The molecule has 0 unspecified atom stereocenters. The van der Waals surface area contributed by atoms with Crippen LogP contribution in [0.3, 0.4) is 0 Å². The smallest absolute Gasteiger partial charge is 0.239 e. The summed E-state index contributed by atoms with van der Waals surface area (Å²) in [7, 11) is 0. The van der Waals surface area contributed by atoms with Crippen LogP contribution >= 0.6 is 0 Å². The van der Waals surface area contributed by atoms with Gasteiger partial charge in [-0.2, -0.15) is 0 Å². The van der Waals surface area contributed by atoms with Crippen LogP contribution in [0.15, 0.2) is 24.3 Å². The first-order valence-electron chi connectivity index (χ1n) is 5.79. The molecule has 90 valence electrons. The molecule has 2 rings (SSSR count). The summed E-state index contributed by atoms with van der Waals surface area (Å²) in [6.45, 7) is 3.47. The zero-order chi connectivity index (χ0) is 12.3. The Morgan fingerprint density at radius 2 is 2.24 bits per heavy atom. The van der Waals surface area contributed by atoms with Crippen LogP contribution in [0.25, 0.3) is 0 Å². The summed E-state index contributed by atoms with van der Waals surface area (Å²) in [5.74, 6) is 0.0850. The molecule has 1 N–H and O–H groups in total. The van der Waals surface area contributed by atoms with E-state index in [1.165, 1.54) is 0 Å². The van der Waals surface area contributed by atoms with E-state index in [2.05, 4.69) is 5.32 Å². The lowest BCUT2D eigenvalue weighted by Gasteiger charge is -2.21. The van der Waals surface area contributed by atoms with E-state index in [0.717, 1.165) is 25.2 Å². The third-order valence-corrected chi connectivity index (χ3v) is 2.88. The van der Waals surface area contributed by atoms with Gasteiger partial charge in [0, 0.05) is 24.3 Å². The third-order valence-electron chi connectivity index (χ3n) is 2.88.